The van der Waals surface area contributed by atoms with E-state index >= 15 is 0 Å². The van der Waals surface area contributed by atoms with Crippen LogP contribution in [0.3, 0.4) is 0 Å². The molecule has 0 aliphatic carbocycles. The lowest BCUT2D eigenvalue weighted by Gasteiger charge is -2.08. The van der Waals surface area contributed by atoms with Crippen LogP contribution in [0.1, 0.15) is 11.1 Å². The molecule has 4 N–H and O–H groups in total. The second-order valence-corrected chi connectivity index (χ2v) is 4.81. The maximum Gasteiger partial charge on any atom is 0.332 e. The number of hydrogen-bond acceptors (Lipinski definition) is 4. The summed E-state index contributed by atoms with van der Waals surface area (Å²) >= 11 is 5.81. The Morgan fingerprint density at radius 2 is 2.05 bits per heavy atom. The van der Waals surface area contributed by atoms with Gasteiger partial charge >= 0.3 is 6.03 Å². The maximum absolute atomic E-state index is 10.5. The number of phenols is 1. The molecular formula is C15H14ClN3O3. The molecule has 0 bridgehead atoms. The summed E-state index contributed by atoms with van der Waals surface area (Å²) in [4.78, 5) is 10.5. The maximum atomic E-state index is 10.5. The van der Waals surface area contributed by atoms with Crippen molar-refractivity contribution in [3.05, 3.63) is 58.6 Å². The highest BCUT2D eigenvalue weighted by molar-refractivity contribution is 6.30. The van der Waals surface area contributed by atoms with Crippen LogP contribution in [-0.2, 0) is 6.61 Å². The van der Waals surface area contributed by atoms with Gasteiger partial charge in [-0.3, -0.25) is 0 Å². The second kappa shape index (κ2) is 7.33. The number of nitrogens with one attached hydrogen (secondary N) is 1. The van der Waals surface area contributed by atoms with E-state index in [1.165, 1.54) is 12.3 Å². The number of phenolic OH excluding ortho intramolecular Hbond substituents is 1. The Kier molecular flexibility index (Phi) is 5.21. The van der Waals surface area contributed by atoms with E-state index < -0.39 is 6.03 Å². The van der Waals surface area contributed by atoms with Crippen LogP contribution in [0.25, 0.3) is 0 Å². The van der Waals surface area contributed by atoms with Crippen molar-refractivity contribution in [2.75, 3.05) is 0 Å². The summed E-state index contributed by atoms with van der Waals surface area (Å²) in [5, 5.41) is 14.1. The molecule has 0 saturated heterocycles. The van der Waals surface area contributed by atoms with Crippen LogP contribution in [0.2, 0.25) is 5.02 Å². The van der Waals surface area contributed by atoms with Crippen molar-refractivity contribution in [3.8, 4) is 11.5 Å². The van der Waals surface area contributed by atoms with E-state index in [4.69, 9.17) is 22.1 Å². The number of benzene rings is 2. The third-order valence-electron chi connectivity index (χ3n) is 2.70. The number of rotatable bonds is 5. The SMILES string of the molecule is NC(=O)NN=Cc1ccc(OCc2ccc(Cl)cc2)cc1O. The summed E-state index contributed by atoms with van der Waals surface area (Å²) in [7, 11) is 0. The first-order chi connectivity index (χ1) is 10.5. The van der Waals surface area contributed by atoms with Crippen molar-refractivity contribution < 1.29 is 14.6 Å². The zero-order chi connectivity index (χ0) is 15.9. The zero-order valence-electron chi connectivity index (χ0n) is 11.5. The van der Waals surface area contributed by atoms with Gasteiger partial charge in [-0.25, -0.2) is 10.2 Å². The van der Waals surface area contributed by atoms with Crippen LogP contribution >= 0.6 is 11.6 Å². The summed E-state index contributed by atoms with van der Waals surface area (Å²) in [5.41, 5.74) is 8.29. The molecule has 7 heteroatoms. The Bertz CT molecular complexity index is 687. The van der Waals surface area contributed by atoms with Crippen molar-refractivity contribution in [1.82, 2.24) is 5.43 Å². The first kappa shape index (κ1) is 15.7. The lowest BCUT2D eigenvalue weighted by molar-refractivity contribution is 0.249. The van der Waals surface area contributed by atoms with Gasteiger partial charge in [0.1, 0.15) is 18.1 Å². The molecule has 6 nitrogen and oxygen atoms in total. The van der Waals surface area contributed by atoms with Gasteiger partial charge in [0, 0.05) is 16.7 Å². The molecule has 2 rings (SSSR count). The summed E-state index contributed by atoms with van der Waals surface area (Å²) in [6.45, 7) is 0.354. The molecule has 0 heterocycles. The number of hydrazone groups is 1. The van der Waals surface area contributed by atoms with Gasteiger partial charge in [-0.2, -0.15) is 5.10 Å². The molecule has 0 spiro atoms. The van der Waals surface area contributed by atoms with Crippen molar-refractivity contribution in [3.63, 3.8) is 0 Å². The van der Waals surface area contributed by atoms with Gasteiger partial charge < -0.3 is 15.6 Å². The number of aromatic hydroxyl groups is 1. The fourth-order valence-corrected chi connectivity index (χ4v) is 1.76. The van der Waals surface area contributed by atoms with E-state index in [2.05, 4.69) is 5.10 Å². The smallest absolute Gasteiger partial charge is 0.332 e. The highest BCUT2D eigenvalue weighted by Crippen LogP contribution is 2.23. The van der Waals surface area contributed by atoms with Gasteiger partial charge in [-0.05, 0) is 29.8 Å². The van der Waals surface area contributed by atoms with Crippen LogP contribution in [-0.4, -0.2) is 17.4 Å². The fraction of sp³-hybridized carbons (Fsp3) is 0.0667. The fourth-order valence-electron chi connectivity index (χ4n) is 1.64. The van der Waals surface area contributed by atoms with Gasteiger partial charge in [-0.1, -0.05) is 23.7 Å². The first-order valence-corrected chi connectivity index (χ1v) is 6.71. The number of nitrogens with two attached hydrogens (primary N) is 1. The van der Waals surface area contributed by atoms with Gasteiger partial charge in [0.25, 0.3) is 0 Å². The second-order valence-electron chi connectivity index (χ2n) is 4.37. The monoisotopic (exact) mass is 319 g/mol. The lowest BCUT2D eigenvalue weighted by Crippen LogP contribution is -2.24. The topological polar surface area (TPSA) is 96.9 Å². The molecule has 0 radical (unpaired) electrons. The van der Waals surface area contributed by atoms with Crippen LogP contribution in [0, 0.1) is 0 Å². The number of carbonyl (C=O) groups excluding carboxylic acids is 1. The number of urea groups is 1. The quantitative estimate of drug-likeness (QED) is 0.583. The molecule has 0 fully saturated rings. The molecule has 22 heavy (non-hydrogen) atoms. The number of amides is 2. The first-order valence-electron chi connectivity index (χ1n) is 6.33. The van der Waals surface area contributed by atoms with Crippen molar-refractivity contribution in [1.29, 1.82) is 0 Å². The Labute approximate surface area is 132 Å². The minimum absolute atomic E-state index is 0.0244. The van der Waals surface area contributed by atoms with E-state index in [1.54, 1.807) is 24.3 Å². The van der Waals surface area contributed by atoms with Crippen molar-refractivity contribution in [2.45, 2.75) is 6.61 Å². The van der Waals surface area contributed by atoms with Gasteiger partial charge in [0.15, 0.2) is 0 Å². The number of ether oxygens (including phenoxy) is 1. The zero-order valence-corrected chi connectivity index (χ0v) is 12.2. The van der Waals surface area contributed by atoms with E-state index in [1.807, 2.05) is 17.6 Å². The predicted octanol–water partition coefficient (Wildman–Crippen LogP) is 2.63. The normalized spacial score (nSPS) is 10.6. The minimum Gasteiger partial charge on any atom is -0.507 e. The third-order valence-corrected chi connectivity index (χ3v) is 2.95. The van der Waals surface area contributed by atoms with Crippen molar-refractivity contribution >= 4 is 23.8 Å². The van der Waals surface area contributed by atoms with Crippen LogP contribution in [0.4, 0.5) is 4.79 Å². The number of hydrogen-bond donors (Lipinski definition) is 3. The molecule has 0 aliphatic rings. The average molecular weight is 320 g/mol. The van der Waals surface area contributed by atoms with Crippen LogP contribution in [0.5, 0.6) is 11.5 Å². The van der Waals surface area contributed by atoms with Gasteiger partial charge in [0.2, 0.25) is 0 Å². The highest BCUT2D eigenvalue weighted by atomic mass is 35.5. The molecule has 0 atom stereocenters. The molecule has 0 aliphatic heterocycles. The van der Waals surface area contributed by atoms with Gasteiger partial charge in [-0.15, -0.1) is 0 Å². The Morgan fingerprint density at radius 1 is 1.32 bits per heavy atom. The highest BCUT2D eigenvalue weighted by Gasteiger charge is 2.02. The molecule has 2 amide bonds. The number of nitrogens with zero attached hydrogens (tertiary/aromatic N) is 1. The Morgan fingerprint density at radius 3 is 2.68 bits per heavy atom. The Balaban J connectivity index is 1.98. The number of carbonyl (C=O) groups is 1. The van der Waals surface area contributed by atoms with Gasteiger partial charge in [0.05, 0.1) is 6.21 Å². The molecule has 0 unspecified atom stereocenters. The van der Waals surface area contributed by atoms with Crippen LogP contribution in [0.15, 0.2) is 47.6 Å². The summed E-state index contributed by atoms with van der Waals surface area (Å²) in [5.74, 6) is 0.482. The van der Waals surface area contributed by atoms with E-state index in [0.29, 0.717) is 22.9 Å². The predicted molar refractivity (Wildman–Crippen MR) is 84.2 cm³/mol. The van der Waals surface area contributed by atoms with Crippen molar-refractivity contribution in [2.24, 2.45) is 10.8 Å². The van der Waals surface area contributed by atoms with E-state index in [9.17, 15) is 9.90 Å². The lowest BCUT2D eigenvalue weighted by atomic mass is 10.2. The summed E-state index contributed by atoms with van der Waals surface area (Å²) in [6, 6.07) is 11.3. The minimum atomic E-state index is -0.779. The van der Waals surface area contributed by atoms with E-state index in [0.717, 1.165) is 5.56 Å². The third kappa shape index (κ3) is 4.68. The molecular weight excluding hydrogens is 306 g/mol. The van der Waals surface area contributed by atoms with Crippen LogP contribution < -0.4 is 15.9 Å². The van der Waals surface area contributed by atoms with E-state index in [-0.39, 0.29) is 5.75 Å². The largest absolute Gasteiger partial charge is 0.507 e. The molecule has 0 aromatic heterocycles. The standard InChI is InChI=1S/C15H14ClN3O3/c16-12-4-1-10(2-5-12)9-22-13-6-3-11(14(20)7-13)8-18-19-15(17)21/h1-8,20H,9H2,(H3,17,19,21). The average Bonchev–Trinajstić information content (AvgIpc) is 2.48. The Hall–Kier alpha value is -2.73. The molecule has 2 aromatic rings. The number of primary amides is 1. The summed E-state index contributed by atoms with van der Waals surface area (Å²) < 4.78 is 5.57. The molecule has 114 valence electrons. The summed E-state index contributed by atoms with van der Waals surface area (Å²) in [6.07, 6.45) is 1.28. The number of halogens is 1. The molecule has 0 saturated carbocycles. The molecule has 2 aromatic carbocycles.